The van der Waals surface area contributed by atoms with Crippen LogP contribution in [0.15, 0.2) is 41.0 Å². The van der Waals surface area contributed by atoms with Crippen molar-refractivity contribution < 1.29 is 4.42 Å². The molecule has 0 saturated carbocycles. The van der Waals surface area contributed by atoms with Gasteiger partial charge >= 0.3 is 0 Å². The van der Waals surface area contributed by atoms with E-state index in [1.807, 2.05) is 30.3 Å². The molecule has 0 amide bonds. The number of H-pyrrole nitrogens is 2. The molecule has 0 aliphatic rings. The largest absolute Gasteiger partial charge is 0.463 e. The van der Waals surface area contributed by atoms with E-state index in [4.69, 9.17) is 4.42 Å². The zero-order valence-electron chi connectivity index (χ0n) is 9.66. The van der Waals surface area contributed by atoms with Crippen molar-refractivity contribution in [1.29, 1.82) is 0 Å². The Kier molecular flexibility index (Phi) is 1.99. The number of rotatable bonds is 2. The van der Waals surface area contributed by atoms with Crippen molar-refractivity contribution in [2.75, 3.05) is 0 Å². The van der Waals surface area contributed by atoms with E-state index in [9.17, 15) is 0 Å². The third-order valence-electron chi connectivity index (χ3n) is 2.92. The zero-order chi connectivity index (χ0) is 12.7. The Balaban J connectivity index is 1.95. The average Bonchev–Trinajstić information content (AvgIpc) is 3.18. The molecule has 19 heavy (non-hydrogen) atoms. The van der Waals surface area contributed by atoms with Gasteiger partial charge in [-0.25, -0.2) is 0 Å². The van der Waals surface area contributed by atoms with Crippen LogP contribution in [0.4, 0.5) is 0 Å². The van der Waals surface area contributed by atoms with Gasteiger partial charge in [-0.15, -0.1) is 10.2 Å². The molecule has 0 atom stereocenters. The van der Waals surface area contributed by atoms with Crippen LogP contribution in [0.3, 0.4) is 0 Å². The van der Waals surface area contributed by atoms with Gasteiger partial charge in [0.15, 0.2) is 5.76 Å². The molecule has 4 rings (SSSR count). The summed E-state index contributed by atoms with van der Waals surface area (Å²) in [6.07, 6.45) is 1.62. The topological polar surface area (TPSA) is 96.3 Å². The highest BCUT2D eigenvalue weighted by Gasteiger charge is 2.12. The first kappa shape index (κ1) is 10.0. The molecule has 4 aromatic rings. The van der Waals surface area contributed by atoms with Gasteiger partial charge in [0.1, 0.15) is 5.69 Å². The maximum Gasteiger partial charge on any atom is 0.204 e. The number of benzene rings is 1. The molecular formula is C12H8N6O. The molecule has 0 unspecified atom stereocenters. The minimum absolute atomic E-state index is 0.550. The lowest BCUT2D eigenvalue weighted by Gasteiger charge is -1.96. The normalized spacial score (nSPS) is 11.2. The second-order valence-corrected chi connectivity index (χ2v) is 4.05. The summed E-state index contributed by atoms with van der Waals surface area (Å²) in [5, 5.41) is 22.1. The van der Waals surface area contributed by atoms with Gasteiger partial charge in [0.25, 0.3) is 0 Å². The molecule has 3 heterocycles. The SMILES string of the molecule is c1coc(-c2n[nH]c3ccc(-c4nn[nH]n4)cc23)c1. The Morgan fingerprint density at radius 1 is 1.11 bits per heavy atom. The quantitative estimate of drug-likeness (QED) is 0.568. The molecule has 7 nitrogen and oxygen atoms in total. The third kappa shape index (κ3) is 1.52. The first-order valence-corrected chi connectivity index (χ1v) is 5.67. The van der Waals surface area contributed by atoms with E-state index in [2.05, 4.69) is 30.8 Å². The molecule has 0 bridgehead atoms. The maximum absolute atomic E-state index is 5.38. The van der Waals surface area contributed by atoms with Crippen LogP contribution in [0.25, 0.3) is 33.7 Å². The van der Waals surface area contributed by atoms with Crippen molar-refractivity contribution in [3.8, 4) is 22.8 Å². The Hall–Kier alpha value is -2.96. The van der Waals surface area contributed by atoms with Crippen LogP contribution in [0.5, 0.6) is 0 Å². The minimum atomic E-state index is 0.550. The van der Waals surface area contributed by atoms with Crippen molar-refractivity contribution >= 4 is 10.9 Å². The second kappa shape index (κ2) is 3.77. The fraction of sp³-hybridized carbons (Fsp3) is 0. The van der Waals surface area contributed by atoms with Crippen molar-refractivity contribution in [3.63, 3.8) is 0 Å². The number of hydrogen-bond acceptors (Lipinski definition) is 5. The highest BCUT2D eigenvalue weighted by molar-refractivity contribution is 5.94. The number of aromatic amines is 2. The molecule has 0 fully saturated rings. The van der Waals surface area contributed by atoms with Gasteiger partial charge in [-0.3, -0.25) is 5.10 Å². The Bertz CT molecular complexity index is 815. The number of tetrazole rings is 1. The minimum Gasteiger partial charge on any atom is -0.463 e. The van der Waals surface area contributed by atoms with Gasteiger partial charge in [-0.1, -0.05) is 0 Å². The second-order valence-electron chi connectivity index (χ2n) is 4.05. The predicted molar refractivity (Wildman–Crippen MR) is 67.0 cm³/mol. The summed E-state index contributed by atoms with van der Waals surface area (Å²) in [5.41, 5.74) is 2.57. The van der Waals surface area contributed by atoms with Crippen molar-refractivity contribution in [3.05, 3.63) is 36.6 Å². The van der Waals surface area contributed by atoms with Gasteiger partial charge < -0.3 is 4.42 Å². The van der Waals surface area contributed by atoms with Crippen LogP contribution < -0.4 is 0 Å². The van der Waals surface area contributed by atoms with Gasteiger partial charge in [0.2, 0.25) is 5.82 Å². The molecule has 7 heteroatoms. The standard InChI is InChI=1S/C12H8N6O/c1-2-10(19-5-1)11-8-6-7(12-15-17-18-16-12)3-4-9(8)13-14-11/h1-6H,(H,13,14)(H,15,16,17,18). The van der Waals surface area contributed by atoms with Crippen LogP contribution in [-0.2, 0) is 0 Å². The third-order valence-corrected chi connectivity index (χ3v) is 2.92. The molecular weight excluding hydrogens is 244 g/mol. The summed E-state index contributed by atoms with van der Waals surface area (Å²) in [6, 6.07) is 9.51. The van der Waals surface area contributed by atoms with E-state index in [0.29, 0.717) is 5.82 Å². The monoisotopic (exact) mass is 252 g/mol. The van der Waals surface area contributed by atoms with Crippen LogP contribution >= 0.6 is 0 Å². The molecule has 0 radical (unpaired) electrons. The molecule has 92 valence electrons. The lowest BCUT2D eigenvalue weighted by Crippen LogP contribution is -1.81. The lowest BCUT2D eigenvalue weighted by atomic mass is 10.1. The smallest absolute Gasteiger partial charge is 0.204 e. The fourth-order valence-corrected chi connectivity index (χ4v) is 2.04. The molecule has 0 spiro atoms. The Morgan fingerprint density at radius 2 is 2.11 bits per heavy atom. The van der Waals surface area contributed by atoms with Crippen LogP contribution in [-0.4, -0.2) is 30.8 Å². The van der Waals surface area contributed by atoms with Gasteiger partial charge in [-0.05, 0) is 35.5 Å². The van der Waals surface area contributed by atoms with E-state index in [-0.39, 0.29) is 0 Å². The molecule has 1 aromatic carbocycles. The van der Waals surface area contributed by atoms with Crippen molar-refractivity contribution in [2.24, 2.45) is 0 Å². The van der Waals surface area contributed by atoms with Gasteiger partial charge in [-0.2, -0.15) is 10.3 Å². The number of aromatic nitrogens is 6. The van der Waals surface area contributed by atoms with E-state index < -0.39 is 0 Å². The highest BCUT2D eigenvalue weighted by atomic mass is 16.3. The maximum atomic E-state index is 5.38. The molecule has 0 saturated heterocycles. The summed E-state index contributed by atoms with van der Waals surface area (Å²) in [7, 11) is 0. The summed E-state index contributed by atoms with van der Waals surface area (Å²) in [4.78, 5) is 0. The highest BCUT2D eigenvalue weighted by Crippen LogP contribution is 2.29. The van der Waals surface area contributed by atoms with Crippen molar-refractivity contribution in [2.45, 2.75) is 0 Å². The lowest BCUT2D eigenvalue weighted by molar-refractivity contribution is 0.580. The van der Waals surface area contributed by atoms with Crippen LogP contribution in [0.2, 0.25) is 0 Å². The van der Waals surface area contributed by atoms with Crippen LogP contribution in [0, 0.1) is 0 Å². The van der Waals surface area contributed by atoms with Crippen molar-refractivity contribution in [1.82, 2.24) is 30.8 Å². The number of nitrogens with one attached hydrogen (secondary N) is 2. The summed E-state index contributed by atoms with van der Waals surface area (Å²) >= 11 is 0. The number of hydrogen-bond donors (Lipinski definition) is 2. The fourth-order valence-electron chi connectivity index (χ4n) is 2.04. The Labute approximate surface area is 106 Å². The summed E-state index contributed by atoms with van der Waals surface area (Å²) in [6.45, 7) is 0. The molecule has 3 aromatic heterocycles. The Morgan fingerprint density at radius 3 is 2.89 bits per heavy atom. The average molecular weight is 252 g/mol. The molecule has 0 aliphatic heterocycles. The molecule has 0 aliphatic carbocycles. The molecule has 2 N–H and O–H groups in total. The van der Waals surface area contributed by atoms with Crippen LogP contribution in [0.1, 0.15) is 0 Å². The number of furan rings is 1. The summed E-state index contributed by atoms with van der Waals surface area (Å²) in [5.74, 6) is 1.27. The van der Waals surface area contributed by atoms with Gasteiger partial charge in [0.05, 0.1) is 11.8 Å². The number of nitrogens with zero attached hydrogens (tertiary/aromatic N) is 4. The zero-order valence-corrected chi connectivity index (χ0v) is 9.66. The first-order valence-electron chi connectivity index (χ1n) is 5.67. The van der Waals surface area contributed by atoms with E-state index in [1.165, 1.54) is 0 Å². The predicted octanol–water partition coefficient (Wildman–Crippen LogP) is 2.00. The summed E-state index contributed by atoms with van der Waals surface area (Å²) < 4.78 is 5.38. The number of fused-ring (bicyclic) bond motifs is 1. The first-order chi connectivity index (χ1) is 9.42. The van der Waals surface area contributed by atoms with E-state index in [1.54, 1.807) is 6.26 Å². The van der Waals surface area contributed by atoms with E-state index in [0.717, 1.165) is 27.9 Å². The van der Waals surface area contributed by atoms with Gasteiger partial charge in [0, 0.05) is 10.9 Å². The van der Waals surface area contributed by atoms with E-state index >= 15 is 0 Å².